The molecule has 0 saturated carbocycles. The van der Waals surface area contributed by atoms with Crippen molar-refractivity contribution in [2.75, 3.05) is 19.6 Å². The quantitative estimate of drug-likeness (QED) is 0.882. The second-order valence-corrected chi connectivity index (χ2v) is 7.94. The highest BCUT2D eigenvalue weighted by molar-refractivity contribution is 5.94. The van der Waals surface area contributed by atoms with E-state index in [1.54, 1.807) is 12.1 Å². The van der Waals surface area contributed by atoms with Gasteiger partial charge in [-0.15, -0.1) is 0 Å². The number of carbonyl (C=O) groups is 1. The Hall–Kier alpha value is -2.28. The van der Waals surface area contributed by atoms with Gasteiger partial charge in [0.05, 0.1) is 12.4 Å². The van der Waals surface area contributed by atoms with Crippen molar-refractivity contribution in [1.29, 1.82) is 0 Å². The van der Waals surface area contributed by atoms with Gasteiger partial charge in [0.1, 0.15) is 5.69 Å². The predicted molar refractivity (Wildman–Crippen MR) is 95.3 cm³/mol. The Morgan fingerprint density at radius 2 is 2.00 bits per heavy atom. The number of amides is 1. The third-order valence-electron chi connectivity index (χ3n) is 6.67. The molecular formula is C20H22F2N4O. The van der Waals surface area contributed by atoms with E-state index in [2.05, 4.69) is 14.9 Å². The van der Waals surface area contributed by atoms with E-state index in [-0.39, 0.29) is 23.9 Å². The summed E-state index contributed by atoms with van der Waals surface area (Å²) >= 11 is 0. The van der Waals surface area contributed by atoms with Crippen LogP contribution in [0.15, 0.2) is 24.5 Å². The Morgan fingerprint density at radius 3 is 2.70 bits per heavy atom. The van der Waals surface area contributed by atoms with Crippen LogP contribution >= 0.6 is 0 Å². The van der Waals surface area contributed by atoms with Crippen molar-refractivity contribution >= 4 is 5.91 Å². The Morgan fingerprint density at radius 1 is 1.22 bits per heavy atom. The molecule has 142 valence electrons. The Bertz CT molecular complexity index is 890. The van der Waals surface area contributed by atoms with E-state index in [0.29, 0.717) is 23.7 Å². The molecule has 6 rings (SSSR count). The predicted octanol–water partition coefficient (Wildman–Crippen LogP) is 2.70. The highest BCUT2D eigenvalue weighted by Crippen LogP contribution is 2.47. The first-order chi connectivity index (χ1) is 13.1. The number of hydrogen-bond donors (Lipinski definition) is 1. The van der Waals surface area contributed by atoms with Gasteiger partial charge < -0.3 is 9.88 Å². The Balaban J connectivity index is 1.57. The maximum atomic E-state index is 14.6. The van der Waals surface area contributed by atoms with Crippen molar-refractivity contribution in [3.8, 4) is 0 Å². The van der Waals surface area contributed by atoms with Gasteiger partial charge in [0.15, 0.2) is 11.6 Å². The number of hydrogen-bond acceptors (Lipinski definition) is 3. The van der Waals surface area contributed by atoms with E-state index in [4.69, 9.17) is 0 Å². The second kappa shape index (κ2) is 6.12. The first-order valence-corrected chi connectivity index (χ1v) is 9.55. The van der Waals surface area contributed by atoms with Gasteiger partial charge in [-0.3, -0.25) is 9.69 Å². The molecule has 2 aromatic rings. The average molecular weight is 372 g/mol. The van der Waals surface area contributed by atoms with E-state index < -0.39 is 11.6 Å². The topological polar surface area (TPSA) is 52.2 Å². The minimum absolute atomic E-state index is 0.0313. The second-order valence-electron chi connectivity index (χ2n) is 7.94. The number of aromatic nitrogens is 2. The van der Waals surface area contributed by atoms with Crippen LogP contribution < -0.4 is 0 Å². The molecule has 5 heterocycles. The molecule has 0 spiro atoms. The molecule has 1 N–H and O–H groups in total. The molecule has 27 heavy (non-hydrogen) atoms. The van der Waals surface area contributed by atoms with Gasteiger partial charge in [0, 0.05) is 24.2 Å². The van der Waals surface area contributed by atoms with E-state index in [1.165, 1.54) is 6.33 Å². The van der Waals surface area contributed by atoms with Crippen LogP contribution in [-0.4, -0.2) is 57.4 Å². The van der Waals surface area contributed by atoms with Gasteiger partial charge in [-0.2, -0.15) is 0 Å². The number of nitrogens with one attached hydrogen (secondary N) is 1. The Labute approximate surface area is 156 Å². The molecule has 1 aromatic carbocycles. The summed E-state index contributed by atoms with van der Waals surface area (Å²) in [5, 5.41) is 0. The zero-order valence-electron chi connectivity index (χ0n) is 15.2. The third kappa shape index (κ3) is 2.44. The van der Waals surface area contributed by atoms with E-state index in [9.17, 15) is 13.6 Å². The van der Waals surface area contributed by atoms with E-state index in [1.807, 2.05) is 11.8 Å². The van der Waals surface area contributed by atoms with Crippen LogP contribution in [0.25, 0.3) is 0 Å². The smallest absolute Gasteiger partial charge is 0.274 e. The van der Waals surface area contributed by atoms with Gasteiger partial charge in [0.25, 0.3) is 5.91 Å². The molecule has 0 radical (unpaired) electrons. The van der Waals surface area contributed by atoms with Gasteiger partial charge in [0.2, 0.25) is 0 Å². The molecule has 3 atom stereocenters. The summed E-state index contributed by atoms with van der Waals surface area (Å²) in [7, 11) is 0. The first kappa shape index (κ1) is 16.9. The molecule has 4 aliphatic rings. The van der Waals surface area contributed by atoms with Gasteiger partial charge >= 0.3 is 0 Å². The molecular weight excluding hydrogens is 350 g/mol. The number of imidazole rings is 1. The number of nitrogens with zero attached hydrogens (tertiary/aromatic N) is 3. The Kier molecular flexibility index (Phi) is 3.82. The fourth-order valence-corrected chi connectivity index (χ4v) is 5.44. The largest absolute Gasteiger partial charge is 0.348 e. The normalized spacial score (nSPS) is 32.0. The fraction of sp³-hybridized carbons (Fsp3) is 0.500. The lowest BCUT2D eigenvalue weighted by atomic mass is 9.75. The maximum absolute atomic E-state index is 14.6. The summed E-state index contributed by atoms with van der Waals surface area (Å²) in [6, 6.07) is 4.44. The number of benzene rings is 1. The maximum Gasteiger partial charge on any atom is 0.274 e. The highest BCUT2D eigenvalue weighted by atomic mass is 19.2. The summed E-state index contributed by atoms with van der Waals surface area (Å²) < 4.78 is 28.5. The monoisotopic (exact) mass is 372 g/mol. The van der Waals surface area contributed by atoms with Crippen molar-refractivity contribution in [2.45, 2.75) is 37.8 Å². The summed E-state index contributed by atoms with van der Waals surface area (Å²) in [4.78, 5) is 24.6. The lowest BCUT2D eigenvalue weighted by molar-refractivity contribution is -0.00377. The van der Waals surface area contributed by atoms with Crippen LogP contribution in [0.3, 0.4) is 0 Å². The molecule has 4 aliphatic heterocycles. The van der Waals surface area contributed by atoms with Crippen LogP contribution in [0.5, 0.6) is 0 Å². The molecule has 4 fully saturated rings. The number of aryl methyl sites for hydroxylation is 1. The molecule has 5 nitrogen and oxygen atoms in total. The van der Waals surface area contributed by atoms with Crippen LogP contribution in [0, 0.1) is 24.5 Å². The molecule has 0 aliphatic carbocycles. The third-order valence-corrected chi connectivity index (χ3v) is 6.67. The lowest BCUT2D eigenvalue weighted by Gasteiger charge is -2.51. The average Bonchev–Trinajstić information content (AvgIpc) is 3.30. The number of halogens is 2. The number of aromatic amines is 1. The van der Waals surface area contributed by atoms with Crippen molar-refractivity contribution < 1.29 is 13.6 Å². The molecule has 2 bridgehead atoms. The lowest BCUT2D eigenvalue weighted by Crippen LogP contribution is -2.60. The molecule has 1 amide bonds. The molecule has 1 aromatic heterocycles. The van der Waals surface area contributed by atoms with Crippen molar-refractivity contribution in [1.82, 2.24) is 19.8 Å². The summed E-state index contributed by atoms with van der Waals surface area (Å²) in [5.74, 6) is -1.54. The van der Waals surface area contributed by atoms with E-state index in [0.717, 1.165) is 37.7 Å². The van der Waals surface area contributed by atoms with Gasteiger partial charge in [-0.25, -0.2) is 13.8 Å². The van der Waals surface area contributed by atoms with Crippen LogP contribution in [-0.2, 0) is 0 Å². The van der Waals surface area contributed by atoms with Crippen molar-refractivity contribution in [3.63, 3.8) is 0 Å². The molecule has 0 unspecified atom stereocenters. The van der Waals surface area contributed by atoms with Gasteiger partial charge in [-0.1, -0.05) is 12.1 Å². The minimum Gasteiger partial charge on any atom is -0.348 e. The highest BCUT2D eigenvalue weighted by Gasteiger charge is 2.55. The van der Waals surface area contributed by atoms with Crippen molar-refractivity contribution in [3.05, 3.63) is 53.1 Å². The minimum atomic E-state index is -0.826. The number of carbonyl (C=O) groups excluding carboxylic acids is 1. The van der Waals surface area contributed by atoms with Crippen LogP contribution in [0.2, 0.25) is 0 Å². The molecule has 4 saturated heterocycles. The zero-order valence-corrected chi connectivity index (χ0v) is 15.2. The number of likely N-dealkylation sites (tertiary alicyclic amines) is 1. The summed E-state index contributed by atoms with van der Waals surface area (Å²) in [6.07, 6.45) is 3.61. The number of piperidine rings is 3. The van der Waals surface area contributed by atoms with E-state index >= 15 is 0 Å². The first-order valence-electron chi connectivity index (χ1n) is 9.55. The summed E-state index contributed by atoms with van der Waals surface area (Å²) in [5.41, 5.74) is 1.54. The van der Waals surface area contributed by atoms with Gasteiger partial charge in [-0.05, 0) is 50.4 Å². The zero-order chi connectivity index (χ0) is 18.7. The fourth-order valence-electron chi connectivity index (χ4n) is 5.44. The number of rotatable bonds is 2. The number of H-pyrrole nitrogens is 1. The standard InChI is InChI=1S/C20H22F2N4O/c1-11-17(24-10-23-11)20(27)26-9-14(13-3-2-4-15(21)16(13)22)19-18(26)12-5-7-25(19)8-6-12/h2-4,10,12,14,18-19H,5-9H2,1H3,(H,23,24)/t14-,18+,19+/m0/s1. The SMILES string of the molecule is Cc1[nH]cnc1C(=O)N1C[C@@H](c2cccc(F)c2F)[C@@H]2[C@H]1C1CCN2CC1. The summed E-state index contributed by atoms with van der Waals surface area (Å²) in [6.45, 7) is 4.15. The molecule has 7 heteroatoms. The number of fused-ring (bicyclic) bond motifs is 2. The van der Waals surface area contributed by atoms with Crippen LogP contribution in [0.4, 0.5) is 8.78 Å². The van der Waals surface area contributed by atoms with Crippen LogP contribution in [0.1, 0.15) is 40.5 Å². The van der Waals surface area contributed by atoms with Crippen molar-refractivity contribution in [2.24, 2.45) is 5.92 Å².